The summed E-state index contributed by atoms with van der Waals surface area (Å²) in [6.07, 6.45) is 3.12. The summed E-state index contributed by atoms with van der Waals surface area (Å²) in [6, 6.07) is 6.11. The van der Waals surface area contributed by atoms with Gasteiger partial charge >= 0.3 is 0 Å². The number of hydrogen-bond acceptors (Lipinski definition) is 2. The molecular formula is C15H21NOS. The second-order valence-corrected chi connectivity index (χ2v) is 6.25. The fraction of sp³-hybridized carbons (Fsp3) is 0.533. The third-order valence-corrected chi connectivity index (χ3v) is 4.76. The number of benzene rings is 1. The Labute approximate surface area is 114 Å². The SMILES string of the molecule is Cc1cccc(C)c1NC(=O)CC1CCCSC1. The summed E-state index contributed by atoms with van der Waals surface area (Å²) in [4.78, 5) is 12.1. The minimum Gasteiger partial charge on any atom is -0.326 e. The van der Waals surface area contributed by atoms with Crippen LogP contribution in [0.4, 0.5) is 5.69 Å². The first-order chi connectivity index (χ1) is 8.66. The highest BCUT2D eigenvalue weighted by Gasteiger charge is 2.18. The first kappa shape index (κ1) is 13.5. The number of anilines is 1. The second kappa shape index (κ2) is 6.28. The van der Waals surface area contributed by atoms with Gasteiger partial charge in [-0.25, -0.2) is 0 Å². The van der Waals surface area contributed by atoms with Gasteiger partial charge in [0.1, 0.15) is 0 Å². The van der Waals surface area contributed by atoms with Gasteiger partial charge in [0, 0.05) is 12.1 Å². The number of amides is 1. The highest BCUT2D eigenvalue weighted by molar-refractivity contribution is 7.99. The molecule has 1 unspecified atom stereocenters. The Bertz CT molecular complexity index is 404. The zero-order valence-electron chi connectivity index (χ0n) is 11.2. The van der Waals surface area contributed by atoms with Crippen molar-refractivity contribution in [2.75, 3.05) is 16.8 Å². The van der Waals surface area contributed by atoms with Crippen molar-refractivity contribution in [3.63, 3.8) is 0 Å². The van der Waals surface area contributed by atoms with E-state index in [9.17, 15) is 4.79 Å². The Hall–Kier alpha value is -0.960. The van der Waals surface area contributed by atoms with E-state index < -0.39 is 0 Å². The van der Waals surface area contributed by atoms with E-state index in [2.05, 4.69) is 5.32 Å². The maximum absolute atomic E-state index is 12.1. The van der Waals surface area contributed by atoms with E-state index in [0.29, 0.717) is 12.3 Å². The Balaban J connectivity index is 1.94. The molecule has 0 spiro atoms. The quantitative estimate of drug-likeness (QED) is 0.899. The predicted octanol–water partition coefficient (Wildman–Crippen LogP) is 3.78. The van der Waals surface area contributed by atoms with E-state index in [0.717, 1.165) is 22.6 Å². The molecule has 1 saturated heterocycles. The number of hydrogen-bond donors (Lipinski definition) is 1. The Kier molecular flexibility index (Phi) is 4.70. The lowest BCUT2D eigenvalue weighted by Crippen LogP contribution is -2.21. The Morgan fingerprint density at radius 1 is 1.39 bits per heavy atom. The summed E-state index contributed by atoms with van der Waals surface area (Å²) in [6.45, 7) is 4.08. The smallest absolute Gasteiger partial charge is 0.224 e. The van der Waals surface area contributed by atoms with Crippen molar-refractivity contribution < 1.29 is 4.79 Å². The summed E-state index contributed by atoms with van der Waals surface area (Å²) < 4.78 is 0. The topological polar surface area (TPSA) is 29.1 Å². The minimum absolute atomic E-state index is 0.167. The van der Waals surface area contributed by atoms with Crippen LogP contribution >= 0.6 is 11.8 Å². The summed E-state index contributed by atoms with van der Waals surface area (Å²) >= 11 is 1.98. The van der Waals surface area contributed by atoms with Crippen LogP contribution in [-0.4, -0.2) is 17.4 Å². The average molecular weight is 263 g/mol. The van der Waals surface area contributed by atoms with Crippen molar-refractivity contribution >= 4 is 23.4 Å². The molecule has 1 fully saturated rings. The Morgan fingerprint density at radius 2 is 2.11 bits per heavy atom. The molecule has 18 heavy (non-hydrogen) atoms. The highest BCUT2D eigenvalue weighted by atomic mass is 32.2. The van der Waals surface area contributed by atoms with Crippen molar-refractivity contribution in [1.29, 1.82) is 0 Å². The van der Waals surface area contributed by atoms with Gasteiger partial charge in [0.15, 0.2) is 0 Å². The standard InChI is InChI=1S/C15H21NOS/c1-11-5-3-6-12(2)15(11)16-14(17)9-13-7-4-8-18-10-13/h3,5-6,13H,4,7-10H2,1-2H3,(H,16,17). The zero-order valence-corrected chi connectivity index (χ0v) is 12.0. The molecule has 0 aliphatic carbocycles. The van der Waals surface area contributed by atoms with Gasteiger partial charge in [-0.05, 0) is 55.2 Å². The molecule has 1 atom stereocenters. The fourth-order valence-corrected chi connectivity index (χ4v) is 3.59. The average Bonchev–Trinajstić information content (AvgIpc) is 2.35. The monoisotopic (exact) mass is 263 g/mol. The van der Waals surface area contributed by atoms with Crippen LogP contribution in [0.3, 0.4) is 0 Å². The summed E-state index contributed by atoms with van der Waals surface area (Å²) in [5.41, 5.74) is 3.27. The van der Waals surface area contributed by atoms with Crippen molar-refractivity contribution in [2.45, 2.75) is 33.1 Å². The van der Waals surface area contributed by atoms with E-state index in [1.54, 1.807) is 0 Å². The summed E-state index contributed by atoms with van der Waals surface area (Å²) in [5.74, 6) is 3.13. The summed E-state index contributed by atoms with van der Waals surface area (Å²) in [5, 5.41) is 3.08. The van der Waals surface area contributed by atoms with Crippen LogP contribution in [0.5, 0.6) is 0 Å². The van der Waals surface area contributed by atoms with Crippen molar-refractivity contribution in [1.82, 2.24) is 0 Å². The molecule has 1 aliphatic rings. The molecule has 1 N–H and O–H groups in total. The van der Waals surface area contributed by atoms with Gasteiger partial charge in [-0.1, -0.05) is 18.2 Å². The van der Waals surface area contributed by atoms with Crippen LogP contribution in [0.1, 0.15) is 30.4 Å². The van der Waals surface area contributed by atoms with Gasteiger partial charge in [-0.2, -0.15) is 11.8 Å². The molecule has 1 amide bonds. The molecule has 1 aromatic rings. The van der Waals surface area contributed by atoms with Crippen molar-refractivity contribution in [3.05, 3.63) is 29.3 Å². The van der Waals surface area contributed by atoms with Crippen LogP contribution in [0.2, 0.25) is 0 Å². The van der Waals surface area contributed by atoms with Crippen LogP contribution in [0.15, 0.2) is 18.2 Å². The molecule has 0 bridgehead atoms. The maximum Gasteiger partial charge on any atom is 0.224 e. The minimum atomic E-state index is 0.167. The Morgan fingerprint density at radius 3 is 2.72 bits per heavy atom. The lowest BCUT2D eigenvalue weighted by molar-refractivity contribution is -0.117. The van der Waals surface area contributed by atoms with Gasteiger partial charge in [-0.3, -0.25) is 4.79 Å². The maximum atomic E-state index is 12.1. The number of nitrogens with one attached hydrogen (secondary N) is 1. The number of rotatable bonds is 3. The third-order valence-electron chi connectivity index (χ3n) is 3.47. The first-order valence-electron chi connectivity index (χ1n) is 6.60. The van der Waals surface area contributed by atoms with E-state index in [4.69, 9.17) is 0 Å². The molecule has 1 aromatic carbocycles. The van der Waals surface area contributed by atoms with Gasteiger partial charge < -0.3 is 5.32 Å². The second-order valence-electron chi connectivity index (χ2n) is 5.10. The number of para-hydroxylation sites is 1. The molecular weight excluding hydrogens is 242 g/mol. The molecule has 0 radical (unpaired) electrons. The van der Waals surface area contributed by atoms with Gasteiger partial charge in [0.25, 0.3) is 0 Å². The van der Waals surface area contributed by atoms with E-state index in [1.807, 2.05) is 43.8 Å². The first-order valence-corrected chi connectivity index (χ1v) is 7.76. The lowest BCUT2D eigenvalue weighted by Gasteiger charge is -2.21. The fourth-order valence-electron chi connectivity index (χ4n) is 2.43. The van der Waals surface area contributed by atoms with Crippen LogP contribution in [-0.2, 0) is 4.79 Å². The number of aryl methyl sites for hydroxylation is 2. The molecule has 0 aromatic heterocycles. The molecule has 2 rings (SSSR count). The molecule has 2 nitrogen and oxygen atoms in total. The zero-order chi connectivity index (χ0) is 13.0. The van der Waals surface area contributed by atoms with E-state index in [-0.39, 0.29) is 5.91 Å². The van der Waals surface area contributed by atoms with Crippen molar-refractivity contribution in [2.24, 2.45) is 5.92 Å². The normalized spacial score (nSPS) is 19.6. The van der Waals surface area contributed by atoms with Gasteiger partial charge in [0.05, 0.1) is 0 Å². The van der Waals surface area contributed by atoms with E-state index in [1.165, 1.54) is 18.6 Å². The third kappa shape index (κ3) is 3.52. The predicted molar refractivity (Wildman–Crippen MR) is 79.2 cm³/mol. The highest BCUT2D eigenvalue weighted by Crippen LogP contribution is 2.26. The van der Waals surface area contributed by atoms with Crippen LogP contribution < -0.4 is 5.32 Å². The largest absolute Gasteiger partial charge is 0.326 e. The summed E-state index contributed by atoms with van der Waals surface area (Å²) in [7, 11) is 0. The molecule has 1 heterocycles. The van der Waals surface area contributed by atoms with Gasteiger partial charge in [0.2, 0.25) is 5.91 Å². The number of thioether (sulfide) groups is 1. The lowest BCUT2D eigenvalue weighted by atomic mass is 10.0. The van der Waals surface area contributed by atoms with Gasteiger partial charge in [-0.15, -0.1) is 0 Å². The number of carbonyl (C=O) groups is 1. The molecule has 0 saturated carbocycles. The van der Waals surface area contributed by atoms with Crippen LogP contribution in [0, 0.1) is 19.8 Å². The number of carbonyl (C=O) groups excluding carboxylic acids is 1. The van der Waals surface area contributed by atoms with Crippen molar-refractivity contribution in [3.8, 4) is 0 Å². The molecule has 1 aliphatic heterocycles. The van der Waals surface area contributed by atoms with Crippen LogP contribution in [0.25, 0.3) is 0 Å². The molecule has 98 valence electrons. The van der Waals surface area contributed by atoms with E-state index >= 15 is 0 Å². The molecule has 3 heteroatoms.